The van der Waals surface area contributed by atoms with Gasteiger partial charge in [0.15, 0.2) is 11.5 Å². The van der Waals surface area contributed by atoms with Crippen LogP contribution >= 0.6 is 15.9 Å². The van der Waals surface area contributed by atoms with Gasteiger partial charge in [-0.1, -0.05) is 42.5 Å². The number of amides is 1. The molecule has 7 heteroatoms. The number of halogens is 1. The van der Waals surface area contributed by atoms with Crippen LogP contribution in [0.25, 0.3) is 0 Å². The summed E-state index contributed by atoms with van der Waals surface area (Å²) in [4.78, 5) is 13.7. The lowest BCUT2D eigenvalue weighted by Crippen LogP contribution is -2.33. The van der Waals surface area contributed by atoms with Crippen molar-refractivity contribution in [1.82, 2.24) is 4.90 Å². The molecule has 1 aliphatic heterocycles. The second kappa shape index (κ2) is 10.5. The van der Waals surface area contributed by atoms with Crippen molar-refractivity contribution in [3.63, 3.8) is 0 Å². The van der Waals surface area contributed by atoms with Gasteiger partial charge in [0, 0.05) is 13.1 Å². The quantitative estimate of drug-likeness (QED) is 0.478. The number of fused-ring (bicyclic) bond motifs is 1. The van der Waals surface area contributed by atoms with Crippen LogP contribution in [0.15, 0.2) is 71.2 Å². The highest BCUT2D eigenvalue weighted by molar-refractivity contribution is 9.10. The van der Waals surface area contributed by atoms with Crippen LogP contribution < -0.4 is 19.9 Å². The molecule has 0 aromatic heterocycles. The molecular weight excluding hydrogens is 472 g/mol. The van der Waals surface area contributed by atoms with Gasteiger partial charge >= 0.3 is 0 Å². The van der Waals surface area contributed by atoms with E-state index in [1.807, 2.05) is 71.6 Å². The van der Waals surface area contributed by atoms with Crippen molar-refractivity contribution in [1.29, 1.82) is 0 Å². The molecule has 0 spiro atoms. The molecule has 0 saturated carbocycles. The number of nitrogens with zero attached hydrogens (tertiary/aromatic N) is 1. The van der Waals surface area contributed by atoms with Crippen LogP contribution in [0.5, 0.6) is 17.2 Å². The molecular formula is C25H25BrN2O4. The van der Waals surface area contributed by atoms with Crippen LogP contribution in [0.2, 0.25) is 0 Å². The smallest absolute Gasteiger partial charge is 0.231 e. The van der Waals surface area contributed by atoms with Crippen LogP contribution in [0, 0.1) is 0 Å². The highest BCUT2D eigenvalue weighted by atomic mass is 79.9. The monoisotopic (exact) mass is 496 g/mol. The molecule has 4 rings (SSSR count). The van der Waals surface area contributed by atoms with Crippen LogP contribution in [0.1, 0.15) is 16.7 Å². The van der Waals surface area contributed by atoms with Crippen molar-refractivity contribution in [2.45, 2.75) is 19.7 Å². The number of carbonyl (C=O) groups excluding carboxylic acids is 1. The summed E-state index contributed by atoms with van der Waals surface area (Å²) in [7, 11) is 0. The van der Waals surface area contributed by atoms with Crippen LogP contribution in [-0.4, -0.2) is 30.6 Å². The third-order valence-corrected chi connectivity index (χ3v) is 5.61. The van der Waals surface area contributed by atoms with Gasteiger partial charge in [0.1, 0.15) is 25.6 Å². The Morgan fingerprint density at radius 1 is 0.938 bits per heavy atom. The van der Waals surface area contributed by atoms with Crippen molar-refractivity contribution < 1.29 is 19.0 Å². The second-order valence-corrected chi connectivity index (χ2v) is 8.49. The zero-order chi connectivity index (χ0) is 22.3. The summed E-state index contributed by atoms with van der Waals surface area (Å²) in [6.07, 6.45) is 0. The Morgan fingerprint density at radius 3 is 2.41 bits per heavy atom. The average molecular weight is 497 g/mol. The molecule has 0 aliphatic carbocycles. The van der Waals surface area contributed by atoms with E-state index in [1.165, 1.54) is 0 Å². The molecule has 0 saturated heterocycles. The van der Waals surface area contributed by atoms with Crippen molar-refractivity contribution >= 4 is 21.8 Å². The van der Waals surface area contributed by atoms with Gasteiger partial charge < -0.3 is 19.9 Å². The lowest BCUT2D eigenvalue weighted by Gasteiger charge is -2.24. The number of hydrogen-bond donors (Lipinski definition) is 1. The minimum atomic E-state index is -0.371. The van der Waals surface area contributed by atoms with Crippen molar-refractivity contribution in [3.05, 3.63) is 87.9 Å². The van der Waals surface area contributed by atoms with E-state index in [-0.39, 0.29) is 12.5 Å². The molecule has 2 N–H and O–H groups in total. The standard InChI is InChI=1S/C25H25BrN2O4/c26-22-12-20(13-23-25(22)31-11-10-30-23)15-28(16-24(27)29)14-18-6-8-21(9-7-18)32-17-19-4-2-1-3-5-19/h1-9,12-13H,10-11,14-17H2,(H2,27,29). The van der Waals surface area contributed by atoms with E-state index in [1.54, 1.807) is 0 Å². The summed E-state index contributed by atoms with van der Waals surface area (Å²) in [6.45, 7) is 2.85. The Labute approximate surface area is 196 Å². The Balaban J connectivity index is 1.41. The van der Waals surface area contributed by atoms with Crippen molar-refractivity contribution in [2.75, 3.05) is 19.8 Å². The van der Waals surface area contributed by atoms with Gasteiger partial charge in [-0.15, -0.1) is 0 Å². The summed E-state index contributed by atoms with van der Waals surface area (Å²) >= 11 is 3.55. The molecule has 3 aromatic carbocycles. The molecule has 0 fully saturated rings. The van der Waals surface area contributed by atoms with Crippen LogP contribution in [-0.2, 0) is 24.5 Å². The number of nitrogens with two attached hydrogens (primary N) is 1. The molecule has 1 amide bonds. The number of primary amides is 1. The van der Waals surface area contributed by atoms with Crippen LogP contribution in [0.4, 0.5) is 0 Å². The third-order valence-electron chi connectivity index (χ3n) is 5.02. The van der Waals surface area contributed by atoms with Crippen LogP contribution in [0.3, 0.4) is 0 Å². The minimum Gasteiger partial charge on any atom is -0.489 e. The number of benzene rings is 3. The molecule has 32 heavy (non-hydrogen) atoms. The lowest BCUT2D eigenvalue weighted by atomic mass is 10.1. The molecule has 0 unspecified atom stereocenters. The van der Waals surface area contributed by atoms with E-state index in [9.17, 15) is 4.79 Å². The minimum absolute atomic E-state index is 0.151. The fourth-order valence-corrected chi connectivity index (χ4v) is 4.20. The summed E-state index contributed by atoms with van der Waals surface area (Å²) in [5.41, 5.74) is 8.70. The SMILES string of the molecule is NC(=O)CN(Cc1ccc(OCc2ccccc2)cc1)Cc1cc(Br)c2c(c1)OCCO2. The number of carbonyl (C=O) groups is 1. The maximum Gasteiger partial charge on any atom is 0.231 e. The highest BCUT2D eigenvalue weighted by Crippen LogP contribution is 2.38. The molecule has 1 heterocycles. The third kappa shape index (κ3) is 6.02. The van der Waals surface area contributed by atoms with E-state index >= 15 is 0 Å². The first kappa shape index (κ1) is 22.2. The Hall–Kier alpha value is -3.03. The second-order valence-electron chi connectivity index (χ2n) is 7.63. The maximum absolute atomic E-state index is 11.7. The molecule has 166 valence electrons. The summed E-state index contributed by atoms with van der Waals surface area (Å²) in [5.74, 6) is 1.85. The maximum atomic E-state index is 11.7. The van der Waals surface area contributed by atoms with Gasteiger partial charge in [-0.3, -0.25) is 9.69 Å². The summed E-state index contributed by atoms with van der Waals surface area (Å²) in [5, 5.41) is 0. The van der Waals surface area contributed by atoms with E-state index in [2.05, 4.69) is 15.9 Å². The van der Waals surface area contributed by atoms with Gasteiger partial charge in [0.05, 0.1) is 11.0 Å². The van der Waals surface area contributed by atoms with Crippen molar-refractivity contribution in [3.8, 4) is 17.2 Å². The Kier molecular flexibility index (Phi) is 7.29. The number of hydrogen-bond acceptors (Lipinski definition) is 5. The molecule has 1 aliphatic rings. The summed E-state index contributed by atoms with van der Waals surface area (Å²) < 4.78 is 18.1. The van der Waals surface area contributed by atoms with E-state index < -0.39 is 0 Å². The Bertz CT molecular complexity index is 1060. The molecule has 3 aromatic rings. The zero-order valence-corrected chi connectivity index (χ0v) is 19.2. The van der Waals surface area contributed by atoms with E-state index in [0.717, 1.165) is 26.9 Å². The fraction of sp³-hybridized carbons (Fsp3) is 0.240. The molecule has 6 nitrogen and oxygen atoms in total. The van der Waals surface area contributed by atoms with E-state index in [0.29, 0.717) is 44.4 Å². The Morgan fingerprint density at radius 2 is 1.66 bits per heavy atom. The summed E-state index contributed by atoms with van der Waals surface area (Å²) in [6, 6.07) is 21.9. The molecule has 0 radical (unpaired) electrons. The lowest BCUT2D eigenvalue weighted by molar-refractivity contribution is -0.119. The predicted molar refractivity (Wildman–Crippen MR) is 126 cm³/mol. The first-order valence-corrected chi connectivity index (χ1v) is 11.2. The zero-order valence-electron chi connectivity index (χ0n) is 17.6. The first-order valence-electron chi connectivity index (χ1n) is 10.4. The number of ether oxygens (including phenoxy) is 3. The highest BCUT2D eigenvalue weighted by Gasteiger charge is 2.18. The van der Waals surface area contributed by atoms with Gasteiger partial charge in [0.2, 0.25) is 5.91 Å². The van der Waals surface area contributed by atoms with Gasteiger partial charge in [-0.25, -0.2) is 0 Å². The normalized spacial score (nSPS) is 12.6. The molecule has 0 bridgehead atoms. The average Bonchev–Trinajstić information content (AvgIpc) is 2.79. The topological polar surface area (TPSA) is 74.0 Å². The van der Waals surface area contributed by atoms with Gasteiger partial charge in [-0.2, -0.15) is 0 Å². The largest absolute Gasteiger partial charge is 0.489 e. The predicted octanol–water partition coefficient (Wildman–Crippen LogP) is 4.29. The fourth-order valence-electron chi connectivity index (χ4n) is 3.59. The van der Waals surface area contributed by atoms with E-state index in [4.69, 9.17) is 19.9 Å². The number of rotatable bonds is 9. The van der Waals surface area contributed by atoms with Gasteiger partial charge in [0.25, 0.3) is 0 Å². The van der Waals surface area contributed by atoms with Crippen molar-refractivity contribution in [2.24, 2.45) is 5.73 Å². The van der Waals surface area contributed by atoms with Gasteiger partial charge in [-0.05, 0) is 56.9 Å². The first-order chi connectivity index (χ1) is 15.6. The molecule has 0 atom stereocenters.